The Morgan fingerprint density at radius 2 is 1.82 bits per heavy atom. The summed E-state index contributed by atoms with van der Waals surface area (Å²) < 4.78 is 9.64. The number of hydrazone groups is 1. The lowest BCUT2D eigenvalue weighted by Crippen LogP contribution is -2.37. The van der Waals surface area contributed by atoms with Gasteiger partial charge in [0.05, 0.1) is 11.1 Å². The number of anilines is 1. The van der Waals surface area contributed by atoms with Crippen LogP contribution < -0.4 is 21.4 Å². The van der Waals surface area contributed by atoms with Gasteiger partial charge in [0, 0.05) is 33.3 Å². The maximum Gasteiger partial charge on any atom is 0.332 e. The fraction of sp³-hybridized carbons (Fsp3) is 0.182. The first kappa shape index (κ1) is 22.5. The second-order valence-corrected chi connectivity index (χ2v) is 7.53. The highest BCUT2D eigenvalue weighted by atomic mass is 16.6. The van der Waals surface area contributed by atoms with Crippen LogP contribution in [0.5, 0.6) is 5.75 Å². The Hall–Kier alpha value is -4.74. The van der Waals surface area contributed by atoms with Gasteiger partial charge < -0.3 is 9.30 Å². The van der Waals surface area contributed by atoms with E-state index in [0.29, 0.717) is 11.7 Å². The van der Waals surface area contributed by atoms with Gasteiger partial charge in [0.1, 0.15) is 12.4 Å². The molecule has 4 aromatic rings. The number of rotatable bonds is 7. The van der Waals surface area contributed by atoms with E-state index in [9.17, 15) is 19.7 Å². The average molecular weight is 463 g/mol. The van der Waals surface area contributed by atoms with Gasteiger partial charge in [-0.1, -0.05) is 12.1 Å². The number of imidazole rings is 1. The summed E-state index contributed by atoms with van der Waals surface area (Å²) in [7, 11) is 4.62. The number of non-ortho nitro benzene ring substituents is 1. The Balaban J connectivity index is 1.47. The van der Waals surface area contributed by atoms with Crippen molar-refractivity contribution in [3.63, 3.8) is 0 Å². The van der Waals surface area contributed by atoms with E-state index >= 15 is 0 Å². The lowest BCUT2D eigenvalue weighted by atomic mass is 10.2. The zero-order chi connectivity index (χ0) is 24.4. The Kier molecular flexibility index (Phi) is 5.95. The molecule has 0 saturated heterocycles. The van der Waals surface area contributed by atoms with Crippen molar-refractivity contribution < 1.29 is 9.66 Å². The van der Waals surface area contributed by atoms with Crippen LogP contribution >= 0.6 is 0 Å². The number of nitro groups is 1. The Labute approximate surface area is 192 Å². The van der Waals surface area contributed by atoms with E-state index in [1.807, 2.05) is 6.07 Å². The van der Waals surface area contributed by atoms with Crippen LogP contribution in [0.4, 0.5) is 11.6 Å². The lowest BCUT2D eigenvalue weighted by molar-refractivity contribution is -0.384. The average Bonchev–Trinajstić information content (AvgIpc) is 3.17. The van der Waals surface area contributed by atoms with Crippen molar-refractivity contribution in [2.45, 2.75) is 6.61 Å². The fourth-order valence-corrected chi connectivity index (χ4v) is 3.35. The maximum atomic E-state index is 12.5. The van der Waals surface area contributed by atoms with E-state index < -0.39 is 16.2 Å². The van der Waals surface area contributed by atoms with Crippen molar-refractivity contribution in [3.8, 4) is 5.75 Å². The Morgan fingerprint density at radius 1 is 1.09 bits per heavy atom. The SMILES string of the molecule is Cn1c(=O)c2c(nc(NN=Cc3cccc(OCc4ccc([N+](=O)[O-])cc4)c3)n2C)n(C)c1=O. The van der Waals surface area contributed by atoms with E-state index in [0.717, 1.165) is 15.7 Å². The van der Waals surface area contributed by atoms with Crippen molar-refractivity contribution in [1.82, 2.24) is 18.7 Å². The van der Waals surface area contributed by atoms with Crippen LogP contribution in [0.2, 0.25) is 0 Å². The summed E-state index contributed by atoms with van der Waals surface area (Å²) in [6, 6.07) is 13.4. The van der Waals surface area contributed by atoms with Gasteiger partial charge in [-0.3, -0.25) is 24.0 Å². The molecule has 0 aliphatic rings. The second kappa shape index (κ2) is 9.02. The molecule has 0 unspecified atom stereocenters. The number of aryl methyl sites for hydroxylation is 2. The summed E-state index contributed by atoms with van der Waals surface area (Å²) in [4.78, 5) is 39.2. The quantitative estimate of drug-likeness (QED) is 0.251. The molecule has 12 nitrogen and oxygen atoms in total. The van der Waals surface area contributed by atoms with Gasteiger partial charge in [0.25, 0.3) is 11.2 Å². The molecule has 0 aliphatic heterocycles. The molecule has 2 heterocycles. The van der Waals surface area contributed by atoms with E-state index in [-0.39, 0.29) is 23.5 Å². The van der Waals surface area contributed by atoms with Crippen LogP contribution in [0.1, 0.15) is 11.1 Å². The molecular weight excluding hydrogens is 442 g/mol. The van der Waals surface area contributed by atoms with Gasteiger partial charge >= 0.3 is 5.69 Å². The molecule has 0 bridgehead atoms. The van der Waals surface area contributed by atoms with Gasteiger partial charge in [-0.2, -0.15) is 10.1 Å². The summed E-state index contributed by atoms with van der Waals surface area (Å²) in [5, 5.41) is 14.9. The van der Waals surface area contributed by atoms with E-state index in [4.69, 9.17) is 4.74 Å². The summed E-state index contributed by atoms with van der Waals surface area (Å²) in [6.45, 7) is 0.254. The largest absolute Gasteiger partial charge is 0.489 e. The van der Waals surface area contributed by atoms with Crippen molar-refractivity contribution in [1.29, 1.82) is 0 Å². The summed E-state index contributed by atoms with van der Waals surface area (Å²) in [6.07, 6.45) is 1.56. The van der Waals surface area contributed by atoms with Crippen molar-refractivity contribution >= 4 is 29.0 Å². The number of fused-ring (bicyclic) bond motifs is 1. The van der Waals surface area contributed by atoms with Crippen LogP contribution in [0.15, 0.2) is 63.2 Å². The van der Waals surface area contributed by atoms with Crippen LogP contribution in [-0.2, 0) is 27.7 Å². The van der Waals surface area contributed by atoms with Crippen molar-refractivity contribution in [2.24, 2.45) is 26.2 Å². The molecule has 174 valence electrons. The van der Waals surface area contributed by atoms with Gasteiger partial charge in [0.2, 0.25) is 5.95 Å². The predicted molar refractivity (Wildman–Crippen MR) is 126 cm³/mol. The molecule has 34 heavy (non-hydrogen) atoms. The minimum atomic E-state index is -0.462. The molecule has 0 saturated carbocycles. The Morgan fingerprint density at radius 3 is 2.53 bits per heavy atom. The van der Waals surface area contributed by atoms with Crippen molar-refractivity contribution in [2.75, 3.05) is 5.43 Å². The van der Waals surface area contributed by atoms with Gasteiger partial charge in [0.15, 0.2) is 11.2 Å². The van der Waals surface area contributed by atoms with E-state index in [1.54, 1.807) is 50.6 Å². The third-order valence-corrected chi connectivity index (χ3v) is 5.26. The molecule has 0 aliphatic carbocycles. The summed E-state index contributed by atoms with van der Waals surface area (Å²) in [5.41, 5.74) is 4.01. The molecule has 0 amide bonds. The molecule has 0 atom stereocenters. The van der Waals surface area contributed by atoms with Crippen LogP contribution in [0.25, 0.3) is 11.2 Å². The first-order valence-electron chi connectivity index (χ1n) is 10.1. The molecule has 4 rings (SSSR count). The predicted octanol–water partition coefficient (Wildman–Crippen LogP) is 1.90. The minimum absolute atomic E-state index is 0.0256. The number of nitro benzene ring substituents is 1. The van der Waals surface area contributed by atoms with Gasteiger partial charge in [-0.25, -0.2) is 10.2 Å². The molecule has 2 aromatic carbocycles. The summed E-state index contributed by atoms with van der Waals surface area (Å²) >= 11 is 0. The Bertz CT molecular complexity index is 1530. The standard InChI is InChI=1S/C22H21N7O5/c1-26-18-19(27(2)22(31)28(3)20(18)30)24-21(26)25-23-12-15-5-4-6-17(11-15)34-13-14-7-9-16(10-8-14)29(32)33/h4-12H,13H2,1-3H3,(H,24,25). The number of benzene rings is 2. The minimum Gasteiger partial charge on any atom is -0.489 e. The zero-order valence-electron chi connectivity index (χ0n) is 18.6. The smallest absolute Gasteiger partial charge is 0.332 e. The van der Waals surface area contributed by atoms with Crippen LogP contribution in [-0.4, -0.2) is 29.8 Å². The molecule has 0 spiro atoms. The third-order valence-electron chi connectivity index (χ3n) is 5.26. The fourth-order valence-electron chi connectivity index (χ4n) is 3.35. The molecule has 1 N–H and O–H groups in total. The van der Waals surface area contributed by atoms with Gasteiger partial charge in [-0.15, -0.1) is 0 Å². The molecule has 12 heteroatoms. The number of nitrogens with zero attached hydrogens (tertiary/aromatic N) is 6. The van der Waals surface area contributed by atoms with E-state index in [1.165, 1.54) is 28.3 Å². The number of hydrogen-bond donors (Lipinski definition) is 1. The first-order valence-corrected chi connectivity index (χ1v) is 10.1. The number of hydrogen-bond acceptors (Lipinski definition) is 8. The first-order chi connectivity index (χ1) is 16.3. The second-order valence-electron chi connectivity index (χ2n) is 7.53. The topological polar surface area (TPSA) is 139 Å². The number of aromatic nitrogens is 4. The maximum absolute atomic E-state index is 12.5. The lowest BCUT2D eigenvalue weighted by Gasteiger charge is -2.07. The zero-order valence-corrected chi connectivity index (χ0v) is 18.6. The van der Waals surface area contributed by atoms with Crippen LogP contribution in [0, 0.1) is 10.1 Å². The molecular formula is C22H21N7O5. The monoisotopic (exact) mass is 463 g/mol. The molecule has 0 fully saturated rings. The highest BCUT2D eigenvalue weighted by Gasteiger charge is 2.16. The molecule has 2 aromatic heterocycles. The normalized spacial score (nSPS) is 11.3. The van der Waals surface area contributed by atoms with Gasteiger partial charge in [-0.05, 0) is 35.4 Å². The number of ether oxygens (including phenoxy) is 1. The van der Waals surface area contributed by atoms with Crippen LogP contribution in [0.3, 0.4) is 0 Å². The van der Waals surface area contributed by atoms with E-state index in [2.05, 4.69) is 15.5 Å². The van der Waals surface area contributed by atoms with Crippen molar-refractivity contribution in [3.05, 3.63) is 90.6 Å². The molecule has 0 radical (unpaired) electrons. The summed E-state index contributed by atoms with van der Waals surface area (Å²) in [5.74, 6) is 0.902. The highest BCUT2D eigenvalue weighted by Crippen LogP contribution is 2.17. The third kappa shape index (κ3) is 4.28. The number of nitrogens with one attached hydrogen (secondary N) is 1. The highest BCUT2D eigenvalue weighted by molar-refractivity contribution is 5.81.